The van der Waals surface area contributed by atoms with Crippen molar-refractivity contribution in [1.82, 2.24) is 4.90 Å². The topological polar surface area (TPSA) is 67.9 Å². The van der Waals surface area contributed by atoms with Gasteiger partial charge in [0.25, 0.3) is 5.91 Å². The standard InChI is InChI=1S/C24H30N2O4/c1-2-29-19-12-14-20(15-13-19)30-18-8-11-23(27)25-22-10-5-4-9-21(22)24(28)26-16-6-3-7-17-26/h4-5,9-10,12-15H,2-3,6-8,11,16-18H2,1H3,(H,25,27). The zero-order valence-electron chi connectivity index (χ0n) is 17.6. The van der Waals surface area contributed by atoms with Gasteiger partial charge in [-0.15, -0.1) is 0 Å². The molecule has 6 nitrogen and oxygen atoms in total. The van der Waals surface area contributed by atoms with Crippen LogP contribution in [0, 0.1) is 0 Å². The molecule has 1 saturated heterocycles. The molecule has 0 bridgehead atoms. The van der Waals surface area contributed by atoms with Gasteiger partial charge in [-0.25, -0.2) is 0 Å². The van der Waals surface area contributed by atoms with E-state index in [4.69, 9.17) is 9.47 Å². The van der Waals surface area contributed by atoms with Crippen molar-refractivity contribution in [3.05, 3.63) is 54.1 Å². The Kier molecular flexibility index (Phi) is 8.12. The van der Waals surface area contributed by atoms with Gasteiger partial charge in [-0.1, -0.05) is 12.1 Å². The maximum Gasteiger partial charge on any atom is 0.255 e. The average molecular weight is 411 g/mol. The summed E-state index contributed by atoms with van der Waals surface area (Å²) < 4.78 is 11.1. The molecule has 2 aromatic carbocycles. The summed E-state index contributed by atoms with van der Waals surface area (Å²) in [4.78, 5) is 27.1. The third kappa shape index (κ3) is 6.24. The van der Waals surface area contributed by atoms with Crippen LogP contribution in [0.1, 0.15) is 49.4 Å². The Balaban J connectivity index is 1.46. The number of hydrogen-bond donors (Lipinski definition) is 1. The number of carbonyl (C=O) groups excluding carboxylic acids is 2. The summed E-state index contributed by atoms with van der Waals surface area (Å²) in [5.41, 5.74) is 1.13. The lowest BCUT2D eigenvalue weighted by Crippen LogP contribution is -2.36. The van der Waals surface area contributed by atoms with Crippen molar-refractivity contribution in [2.24, 2.45) is 0 Å². The number of nitrogens with one attached hydrogen (secondary N) is 1. The molecule has 0 unspecified atom stereocenters. The Labute approximate surface area is 178 Å². The molecule has 0 aliphatic carbocycles. The molecule has 0 spiro atoms. The number of likely N-dealkylation sites (tertiary alicyclic amines) is 1. The van der Waals surface area contributed by atoms with Crippen LogP contribution in [0.3, 0.4) is 0 Å². The highest BCUT2D eigenvalue weighted by Crippen LogP contribution is 2.21. The second-order valence-corrected chi connectivity index (χ2v) is 7.30. The van der Waals surface area contributed by atoms with Crippen LogP contribution in [-0.4, -0.2) is 43.0 Å². The van der Waals surface area contributed by atoms with E-state index in [0.29, 0.717) is 37.3 Å². The van der Waals surface area contributed by atoms with Crippen molar-refractivity contribution >= 4 is 17.5 Å². The zero-order chi connectivity index (χ0) is 21.2. The van der Waals surface area contributed by atoms with Crippen LogP contribution < -0.4 is 14.8 Å². The minimum atomic E-state index is -0.121. The second kappa shape index (κ2) is 11.2. The molecule has 2 aromatic rings. The van der Waals surface area contributed by atoms with Gasteiger partial charge in [0.2, 0.25) is 5.91 Å². The van der Waals surface area contributed by atoms with E-state index in [1.54, 1.807) is 12.1 Å². The number of piperidine rings is 1. The van der Waals surface area contributed by atoms with Crippen LogP contribution in [0.2, 0.25) is 0 Å². The van der Waals surface area contributed by atoms with E-state index < -0.39 is 0 Å². The number of amides is 2. The van der Waals surface area contributed by atoms with Gasteiger partial charge in [0, 0.05) is 19.5 Å². The van der Waals surface area contributed by atoms with Crippen LogP contribution >= 0.6 is 0 Å². The van der Waals surface area contributed by atoms with Gasteiger partial charge in [-0.3, -0.25) is 9.59 Å². The van der Waals surface area contributed by atoms with Gasteiger partial charge < -0.3 is 19.7 Å². The molecule has 0 aromatic heterocycles. The van der Waals surface area contributed by atoms with Crippen LogP contribution in [-0.2, 0) is 4.79 Å². The van der Waals surface area contributed by atoms with Crippen molar-refractivity contribution in [3.8, 4) is 11.5 Å². The number of ether oxygens (including phenoxy) is 2. The first-order chi connectivity index (χ1) is 14.7. The Bertz CT molecular complexity index is 829. The molecular formula is C24H30N2O4. The molecule has 30 heavy (non-hydrogen) atoms. The number of anilines is 1. The van der Waals surface area contributed by atoms with Crippen LogP contribution in [0.4, 0.5) is 5.69 Å². The lowest BCUT2D eigenvalue weighted by Gasteiger charge is -2.27. The van der Waals surface area contributed by atoms with E-state index in [-0.39, 0.29) is 11.8 Å². The molecule has 1 N–H and O–H groups in total. The third-order valence-corrected chi connectivity index (χ3v) is 5.03. The largest absolute Gasteiger partial charge is 0.494 e. The van der Waals surface area contributed by atoms with Gasteiger partial charge in [0.1, 0.15) is 11.5 Å². The summed E-state index contributed by atoms with van der Waals surface area (Å²) in [6, 6.07) is 14.7. The fourth-order valence-corrected chi connectivity index (χ4v) is 3.48. The monoisotopic (exact) mass is 410 g/mol. The fourth-order valence-electron chi connectivity index (χ4n) is 3.48. The smallest absolute Gasteiger partial charge is 0.255 e. The van der Waals surface area contributed by atoms with Crippen molar-refractivity contribution in [2.75, 3.05) is 31.6 Å². The molecule has 1 fully saturated rings. The number of nitrogens with zero attached hydrogens (tertiary/aromatic N) is 1. The predicted molar refractivity (Wildman–Crippen MR) is 117 cm³/mol. The van der Waals surface area contributed by atoms with Crippen LogP contribution in [0.15, 0.2) is 48.5 Å². The number of carbonyl (C=O) groups is 2. The maximum absolute atomic E-state index is 12.8. The highest BCUT2D eigenvalue weighted by atomic mass is 16.5. The summed E-state index contributed by atoms with van der Waals surface area (Å²) in [6.45, 7) is 4.57. The Morgan fingerprint density at radius 3 is 2.30 bits per heavy atom. The predicted octanol–water partition coefficient (Wildman–Crippen LogP) is 4.51. The zero-order valence-corrected chi connectivity index (χ0v) is 17.6. The second-order valence-electron chi connectivity index (χ2n) is 7.30. The van der Waals surface area contributed by atoms with Gasteiger partial charge in [0.15, 0.2) is 0 Å². The van der Waals surface area contributed by atoms with E-state index in [0.717, 1.165) is 37.4 Å². The molecule has 6 heteroatoms. The van der Waals surface area contributed by atoms with Crippen molar-refractivity contribution in [3.63, 3.8) is 0 Å². The van der Waals surface area contributed by atoms with Crippen LogP contribution in [0.5, 0.6) is 11.5 Å². The molecular weight excluding hydrogens is 380 g/mol. The number of para-hydroxylation sites is 1. The molecule has 2 amide bonds. The lowest BCUT2D eigenvalue weighted by atomic mass is 10.1. The summed E-state index contributed by atoms with van der Waals surface area (Å²) in [5, 5.41) is 2.89. The summed E-state index contributed by atoms with van der Waals surface area (Å²) in [7, 11) is 0. The van der Waals surface area contributed by atoms with Gasteiger partial charge in [-0.05, 0) is 69.0 Å². The Morgan fingerprint density at radius 2 is 1.60 bits per heavy atom. The Morgan fingerprint density at radius 1 is 0.933 bits per heavy atom. The first-order valence-corrected chi connectivity index (χ1v) is 10.7. The van der Waals surface area contributed by atoms with E-state index in [2.05, 4.69) is 5.32 Å². The summed E-state index contributed by atoms with van der Waals surface area (Å²) in [6.07, 6.45) is 4.15. The fraction of sp³-hybridized carbons (Fsp3) is 0.417. The minimum absolute atomic E-state index is 0.00978. The third-order valence-electron chi connectivity index (χ3n) is 5.03. The molecule has 1 heterocycles. The number of hydrogen-bond acceptors (Lipinski definition) is 4. The van der Waals surface area contributed by atoms with E-state index in [1.165, 1.54) is 6.42 Å². The molecule has 1 aliphatic rings. The van der Waals surface area contributed by atoms with Crippen molar-refractivity contribution in [1.29, 1.82) is 0 Å². The summed E-state index contributed by atoms with van der Waals surface area (Å²) >= 11 is 0. The van der Waals surface area contributed by atoms with Gasteiger partial charge in [0.05, 0.1) is 24.5 Å². The van der Waals surface area contributed by atoms with Crippen molar-refractivity contribution < 1.29 is 19.1 Å². The van der Waals surface area contributed by atoms with E-state index >= 15 is 0 Å². The highest BCUT2D eigenvalue weighted by Gasteiger charge is 2.21. The maximum atomic E-state index is 12.8. The minimum Gasteiger partial charge on any atom is -0.494 e. The molecule has 0 atom stereocenters. The van der Waals surface area contributed by atoms with Crippen molar-refractivity contribution in [2.45, 2.75) is 39.0 Å². The van der Waals surface area contributed by atoms with E-state index in [1.807, 2.05) is 48.2 Å². The molecule has 3 rings (SSSR count). The molecule has 1 aliphatic heterocycles. The van der Waals surface area contributed by atoms with Gasteiger partial charge >= 0.3 is 0 Å². The Hall–Kier alpha value is -3.02. The SMILES string of the molecule is CCOc1ccc(OCCCC(=O)Nc2ccccc2C(=O)N2CCCCC2)cc1. The first kappa shape index (κ1) is 21.7. The highest BCUT2D eigenvalue weighted by molar-refractivity contribution is 6.03. The normalized spacial score (nSPS) is 13.6. The lowest BCUT2D eigenvalue weighted by molar-refractivity contribution is -0.116. The first-order valence-electron chi connectivity index (χ1n) is 10.7. The quantitative estimate of drug-likeness (QED) is 0.618. The molecule has 160 valence electrons. The average Bonchev–Trinajstić information content (AvgIpc) is 2.78. The summed E-state index contributed by atoms with van der Waals surface area (Å²) in [5.74, 6) is 1.42. The van der Waals surface area contributed by atoms with Crippen LogP contribution in [0.25, 0.3) is 0 Å². The number of rotatable bonds is 9. The number of benzene rings is 2. The van der Waals surface area contributed by atoms with E-state index in [9.17, 15) is 9.59 Å². The molecule has 0 saturated carbocycles. The van der Waals surface area contributed by atoms with Gasteiger partial charge in [-0.2, -0.15) is 0 Å². The molecule has 0 radical (unpaired) electrons.